The van der Waals surface area contributed by atoms with E-state index in [2.05, 4.69) is 16.4 Å². The average Bonchev–Trinajstić information content (AvgIpc) is 3.34. The Bertz CT molecular complexity index is 1620. The summed E-state index contributed by atoms with van der Waals surface area (Å²) in [5.74, 6) is 0.247. The lowest BCUT2D eigenvalue weighted by molar-refractivity contribution is -0.116. The summed E-state index contributed by atoms with van der Waals surface area (Å²) in [4.78, 5) is 32.8. The maximum atomic E-state index is 13.9. The van der Waals surface area contributed by atoms with E-state index in [4.69, 9.17) is 10.5 Å². The number of nitrogen functional groups attached to an aromatic ring is 1. The van der Waals surface area contributed by atoms with Crippen LogP contribution in [0.2, 0.25) is 0 Å². The number of carbonyl (C=O) groups excluding carboxylic acids is 2. The second-order valence-electron chi connectivity index (χ2n) is 10.8. The lowest BCUT2D eigenvalue weighted by Gasteiger charge is -2.46. The van der Waals surface area contributed by atoms with Crippen molar-refractivity contribution < 1.29 is 18.7 Å². The number of nitrogens with zero attached hydrogens (tertiary/aromatic N) is 2. The Kier molecular flexibility index (Phi) is 7.26. The zero-order valence-corrected chi connectivity index (χ0v) is 23.1. The van der Waals surface area contributed by atoms with Crippen molar-refractivity contribution >= 4 is 39.8 Å². The molecule has 1 aromatic heterocycles. The van der Waals surface area contributed by atoms with E-state index in [1.165, 1.54) is 17.7 Å². The maximum Gasteiger partial charge on any atom is 0.258 e. The highest BCUT2D eigenvalue weighted by molar-refractivity contribution is 6.02. The molecule has 0 spiro atoms. The maximum absolute atomic E-state index is 13.9. The van der Waals surface area contributed by atoms with Gasteiger partial charge in [0.1, 0.15) is 17.7 Å². The number of amides is 2. The van der Waals surface area contributed by atoms with E-state index in [0.29, 0.717) is 42.9 Å². The molecule has 3 aromatic carbocycles. The summed E-state index contributed by atoms with van der Waals surface area (Å²) in [7, 11) is 1.95. The van der Waals surface area contributed by atoms with Gasteiger partial charge in [-0.3, -0.25) is 9.59 Å². The quantitative estimate of drug-likeness (QED) is 0.174. The molecule has 212 valence electrons. The van der Waals surface area contributed by atoms with E-state index in [-0.39, 0.29) is 18.0 Å². The third-order valence-corrected chi connectivity index (χ3v) is 8.07. The van der Waals surface area contributed by atoms with Crippen molar-refractivity contribution in [1.29, 1.82) is 0 Å². The molecule has 0 radical (unpaired) electrons. The molecule has 4 aromatic rings. The fourth-order valence-corrected chi connectivity index (χ4v) is 5.98. The van der Waals surface area contributed by atoms with Crippen molar-refractivity contribution in [3.05, 3.63) is 83.3 Å². The molecule has 9 heteroatoms. The van der Waals surface area contributed by atoms with Gasteiger partial charge in [0.2, 0.25) is 5.91 Å². The van der Waals surface area contributed by atoms with Crippen molar-refractivity contribution in [2.24, 2.45) is 0 Å². The van der Waals surface area contributed by atoms with Crippen LogP contribution >= 0.6 is 0 Å². The third-order valence-electron chi connectivity index (χ3n) is 8.07. The number of rotatable bonds is 9. The van der Waals surface area contributed by atoms with Crippen LogP contribution < -0.4 is 20.7 Å². The Hall–Kier alpha value is -4.53. The van der Waals surface area contributed by atoms with E-state index in [1.54, 1.807) is 18.2 Å². The molecule has 0 fully saturated rings. The molecule has 4 N–H and O–H groups in total. The number of aromatic amines is 1. The molecule has 41 heavy (non-hydrogen) atoms. The highest BCUT2D eigenvalue weighted by Crippen LogP contribution is 2.43. The smallest absolute Gasteiger partial charge is 0.258 e. The molecule has 1 atom stereocenters. The van der Waals surface area contributed by atoms with Gasteiger partial charge in [0.15, 0.2) is 0 Å². The molecule has 0 saturated heterocycles. The molecular formula is C32H34FN5O3. The summed E-state index contributed by atoms with van der Waals surface area (Å²) >= 11 is 0. The molecule has 8 nitrogen and oxygen atoms in total. The summed E-state index contributed by atoms with van der Waals surface area (Å²) in [6.07, 6.45) is 4.55. The molecule has 6 rings (SSSR count). The number of nitrogens with two attached hydrogens (primary N) is 1. The first kappa shape index (κ1) is 26.7. The Balaban J connectivity index is 1.03. The normalized spacial score (nSPS) is 15.9. The van der Waals surface area contributed by atoms with E-state index in [9.17, 15) is 14.0 Å². The van der Waals surface area contributed by atoms with Crippen LogP contribution in [0.3, 0.4) is 0 Å². The molecule has 3 heterocycles. The number of H-pyrrole nitrogens is 1. The van der Waals surface area contributed by atoms with E-state index in [0.717, 1.165) is 53.7 Å². The number of aromatic nitrogens is 1. The molecule has 0 aliphatic carbocycles. The van der Waals surface area contributed by atoms with Gasteiger partial charge in [0.05, 0.1) is 34.9 Å². The molecule has 2 aliphatic rings. The minimum absolute atomic E-state index is 0.0210. The van der Waals surface area contributed by atoms with Crippen LogP contribution in [0.4, 0.5) is 21.5 Å². The lowest BCUT2D eigenvalue weighted by atomic mass is 9.96. The van der Waals surface area contributed by atoms with Gasteiger partial charge in [-0.2, -0.15) is 0 Å². The zero-order chi connectivity index (χ0) is 28.5. The zero-order valence-electron chi connectivity index (χ0n) is 23.1. The SMILES string of the molecule is CN1c2ccc(F)cc2C(=O)N2CCc3c([nH]c4ccc(OCCCCCCC(=O)Nc5ccccc5N)cc34)C21. The number of carbonyl (C=O) groups is 2. The topological polar surface area (TPSA) is 104 Å². The number of halogens is 1. The van der Waals surface area contributed by atoms with Crippen molar-refractivity contribution in [1.82, 2.24) is 9.88 Å². The number of unbranched alkanes of at least 4 members (excludes halogenated alkanes) is 3. The van der Waals surface area contributed by atoms with Crippen LogP contribution in [-0.2, 0) is 11.2 Å². The van der Waals surface area contributed by atoms with E-state index >= 15 is 0 Å². The third kappa shape index (κ3) is 5.19. The van der Waals surface area contributed by atoms with E-state index in [1.807, 2.05) is 41.1 Å². The fraction of sp³-hybridized carbons (Fsp3) is 0.312. The van der Waals surface area contributed by atoms with Crippen molar-refractivity contribution in [2.45, 2.75) is 44.7 Å². The number of nitrogens with one attached hydrogen (secondary N) is 2. The molecule has 0 bridgehead atoms. The first-order valence-corrected chi connectivity index (χ1v) is 14.2. The van der Waals surface area contributed by atoms with Crippen molar-refractivity contribution in [2.75, 3.05) is 36.1 Å². The highest BCUT2D eigenvalue weighted by Gasteiger charge is 2.41. The Labute approximate surface area is 238 Å². The predicted octanol–water partition coefficient (Wildman–Crippen LogP) is 6.00. The largest absolute Gasteiger partial charge is 0.494 e. The van der Waals surface area contributed by atoms with Crippen LogP contribution in [0.25, 0.3) is 10.9 Å². The predicted molar refractivity (Wildman–Crippen MR) is 159 cm³/mol. The van der Waals surface area contributed by atoms with Crippen LogP contribution in [0.1, 0.15) is 59.9 Å². The summed E-state index contributed by atoms with van der Waals surface area (Å²) < 4.78 is 20.0. The average molecular weight is 556 g/mol. The molecule has 2 amide bonds. The van der Waals surface area contributed by atoms with Gasteiger partial charge in [-0.1, -0.05) is 25.0 Å². The summed E-state index contributed by atoms with van der Waals surface area (Å²) in [5, 5.41) is 3.97. The second kappa shape index (κ2) is 11.2. The van der Waals surface area contributed by atoms with Gasteiger partial charge in [0.25, 0.3) is 5.91 Å². The minimum Gasteiger partial charge on any atom is -0.494 e. The van der Waals surface area contributed by atoms with Crippen LogP contribution in [0, 0.1) is 5.82 Å². The van der Waals surface area contributed by atoms with Crippen molar-refractivity contribution in [3.8, 4) is 5.75 Å². The molecule has 0 saturated carbocycles. The number of para-hydroxylation sites is 2. The molecule has 2 aliphatic heterocycles. The fourth-order valence-electron chi connectivity index (χ4n) is 5.98. The van der Waals surface area contributed by atoms with Gasteiger partial charge in [-0.25, -0.2) is 4.39 Å². The molecule has 1 unspecified atom stereocenters. The minimum atomic E-state index is -0.406. The summed E-state index contributed by atoms with van der Waals surface area (Å²) in [6.45, 7) is 1.16. The first-order chi connectivity index (χ1) is 19.9. The molecular weight excluding hydrogens is 521 g/mol. The second-order valence-corrected chi connectivity index (χ2v) is 10.8. The van der Waals surface area contributed by atoms with Crippen LogP contribution in [0.5, 0.6) is 5.75 Å². The van der Waals surface area contributed by atoms with E-state index < -0.39 is 5.82 Å². The van der Waals surface area contributed by atoms with Crippen LogP contribution in [0.15, 0.2) is 60.7 Å². The van der Waals surface area contributed by atoms with Crippen LogP contribution in [-0.4, -0.2) is 41.9 Å². The number of hydrogen-bond donors (Lipinski definition) is 3. The Morgan fingerprint density at radius 1 is 1.10 bits per heavy atom. The first-order valence-electron chi connectivity index (χ1n) is 14.2. The number of ether oxygens (including phenoxy) is 1. The number of fused-ring (bicyclic) bond motifs is 6. The van der Waals surface area contributed by atoms with Crippen molar-refractivity contribution in [3.63, 3.8) is 0 Å². The standard InChI is InChI=1S/C32H34FN5O3/c1-37-28-14-11-20(33)18-24(28)32(40)38-16-15-22-23-19-21(12-13-26(23)36-30(22)31(37)38)41-17-7-3-2-4-10-29(39)35-27-9-6-5-8-25(27)34/h5-6,8-9,11-14,18-19,31,36H,2-4,7,10,15-17,34H2,1H3,(H,35,39). The van der Waals surface area contributed by atoms with Gasteiger partial charge >= 0.3 is 0 Å². The number of anilines is 3. The lowest BCUT2D eigenvalue weighted by Crippen LogP contribution is -2.51. The number of hydrogen-bond acceptors (Lipinski definition) is 5. The Morgan fingerprint density at radius 2 is 1.93 bits per heavy atom. The number of benzene rings is 3. The van der Waals surface area contributed by atoms with Gasteiger partial charge in [-0.05, 0) is 73.4 Å². The summed E-state index contributed by atoms with van der Waals surface area (Å²) in [5.41, 5.74) is 11.4. The highest BCUT2D eigenvalue weighted by atomic mass is 19.1. The van der Waals surface area contributed by atoms with Gasteiger partial charge in [0, 0.05) is 30.9 Å². The Morgan fingerprint density at radius 3 is 2.78 bits per heavy atom. The van der Waals surface area contributed by atoms with Gasteiger partial charge < -0.3 is 30.6 Å². The monoisotopic (exact) mass is 555 g/mol. The van der Waals surface area contributed by atoms with Gasteiger partial charge in [-0.15, -0.1) is 0 Å². The summed E-state index contributed by atoms with van der Waals surface area (Å²) in [6, 6.07) is 17.7.